The molecule has 1 unspecified atom stereocenters. The molecule has 2 aromatic carbocycles. The Labute approximate surface area is 165 Å². The van der Waals surface area contributed by atoms with E-state index in [0.29, 0.717) is 32.6 Å². The van der Waals surface area contributed by atoms with Crippen LogP contribution in [0.5, 0.6) is 5.75 Å². The smallest absolute Gasteiger partial charge is 0.264 e. The molecule has 2 aliphatic heterocycles. The summed E-state index contributed by atoms with van der Waals surface area (Å²) < 4.78 is 5.84. The first-order chi connectivity index (χ1) is 13.5. The van der Waals surface area contributed by atoms with Crippen molar-refractivity contribution < 1.29 is 14.3 Å². The fourth-order valence-electron chi connectivity index (χ4n) is 4.03. The van der Waals surface area contributed by atoms with Crippen LogP contribution in [0.4, 0.5) is 0 Å². The van der Waals surface area contributed by atoms with Gasteiger partial charge in [0.05, 0.1) is 5.41 Å². The first kappa shape index (κ1) is 18.5. The van der Waals surface area contributed by atoms with Gasteiger partial charge in [0.1, 0.15) is 5.75 Å². The molecule has 5 nitrogen and oxygen atoms in total. The Morgan fingerprint density at radius 2 is 1.50 bits per heavy atom. The summed E-state index contributed by atoms with van der Waals surface area (Å²) in [6.45, 7) is 6.13. The van der Waals surface area contributed by atoms with Gasteiger partial charge in [0, 0.05) is 32.6 Å². The zero-order valence-corrected chi connectivity index (χ0v) is 16.4. The van der Waals surface area contributed by atoms with Gasteiger partial charge >= 0.3 is 0 Å². The molecule has 28 heavy (non-hydrogen) atoms. The molecule has 2 aromatic rings. The highest BCUT2D eigenvalue weighted by Crippen LogP contribution is 2.30. The molecule has 2 amide bonds. The Bertz CT molecular complexity index is 845. The van der Waals surface area contributed by atoms with Crippen LogP contribution in [-0.4, -0.2) is 53.9 Å². The number of ether oxygens (including phenoxy) is 1. The van der Waals surface area contributed by atoms with Crippen LogP contribution < -0.4 is 4.74 Å². The van der Waals surface area contributed by atoms with Crippen molar-refractivity contribution in [3.8, 4) is 5.75 Å². The van der Waals surface area contributed by atoms with Crippen molar-refractivity contribution in [1.29, 1.82) is 0 Å². The van der Waals surface area contributed by atoms with Gasteiger partial charge in [-0.15, -0.1) is 0 Å². The van der Waals surface area contributed by atoms with Crippen molar-refractivity contribution in [2.24, 2.45) is 0 Å². The minimum Gasteiger partial charge on any atom is -0.480 e. The van der Waals surface area contributed by atoms with E-state index < -0.39 is 11.5 Å². The summed E-state index contributed by atoms with van der Waals surface area (Å²) >= 11 is 0. The molecule has 0 spiro atoms. The number of carbonyl (C=O) groups excluding carboxylic acids is 2. The highest BCUT2D eigenvalue weighted by atomic mass is 16.5. The molecule has 0 N–H and O–H groups in total. The van der Waals surface area contributed by atoms with E-state index in [1.807, 2.05) is 78.2 Å². The molecule has 1 fully saturated rings. The second-order valence-corrected chi connectivity index (χ2v) is 8.03. The van der Waals surface area contributed by atoms with Gasteiger partial charge in [0.2, 0.25) is 5.91 Å². The Morgan fingerprint density at radius 3 is 2.18 bits per heavy atom. The van der Waals surface area contributed by atoms with Crippen molar-refractivity contribution >= 4 is 11.8 Å². The number of hydrogen-bond acceptors (Lipinski definition) is 3. The number of para-hydroxylation sites is 1. The SMILES string of the molecule is CC(C)(C(=O)N1CCN(C(=O)C2Cc3ccccc3O2)CC1)c1ccccc1. The van der Waals surface area contributed by atoms with Crippen LogP contribution in [0.2, 0.25) is 0 Å². The van der Waals surface area contributed by atoms with Gasteiger partial charge < -0.3 is 14.5 Å². The molecule has 0 saturated carbocycles. The molecule has 0 radical (unpaired) electrons. The molecule has 2 aliphatic rings. The van der Waals surface area contributed by atoms with Gasteiger partial charge in [0.15, 0.2) is 6.10 Å². The van der Waals surface area contributed by atoms with E-state index >= 15 is 0 Å². The van der Waals surface area contributed by atoms with Gasteiger partial charge in [-0.3, -0.25) is 9.59 Å². The van der Waals surface area contributed by atoms with Crippen LogP contribution in [0.15, 0.2) is 54.6 Å². The number of amides is 2. The van der Waals surface area contributed by atoms with Crippen molar-refractivity contribution in [3.63, 3.8) is 0 Å². The molecule has 0 aromatic heterocycles. The Morgan fingerprint density at radius 1 is 0.893 bits per heavy atom. The lowest BCUT2D eigenvalue weighted by Crippen LogP contribution is -2.56. The van der Waals surface area contributed by atoms with Crippen molar-refractivity contribution in [2.75, 3.05) is 26.2 Å². The third kappa shape index (κ3) is 3.37. The highest BCUT2D eigenvalue weighted by Gasteiger charge is 2.38. The third-order valence-corrected chi connectivity index (χ3v) is 5.83. The monoisotopic (exact) mass is 378 g/mol. The maximum Gasteiger partial charge on any atom is 0.264 e. The molecule has 0 bridgehead atoms. The number of nitrogens with zero attached hydrogens (tertiary/aromatic N) is 2. The Balaban J connectivity index is 1.36. The van der Waals surface area contributed by atoms with E-state index in [9.17, 15) is 9.59 Å². The summed E-state index contributed by atoms with van der Waals surface area (Å²) in [6, 6.07) is 17.7. The van der Waals surface area contributed by atoms with Crippen LogP contribution in [0.25, 0.3) is 0 Å². The predicted molar refractivity (Wildman–Crippen MR) is 107 cm³/mol. The van der Waals surface area contributed by atoms with Gasteiger partial charge in [-0.05, 0) is 31.0 Å². The summed E-state index contributed by atoms with van der Waals surface area (Å²) in [6.07, 6.45) is 0.176. The molecule has 1 saturated heterocycles. The standard InChI is InChI=1S/C23H26N2O3/c1-23(2,18-9-4-3-5-10-18)22(27)25-14-12-24(13-15-25)21(26)20-16-17-8-6-7-11-19(17)28-20/h3-11,20H,12-16H2,1-2H3. The molecule has 5 heteroatoms. The summed E-state index contributed by atoms with van der Waals surface area (Å²) in [4.78, 5) is 29.7. The molecule has 0 aliphatic carbocycles. The third-order valence-electron chi connectivity index (χ3n) is 5.83. The van der Waals surface area contributed by atoms with Gasteiger partial charge in [-0.2, -0.15) is 0 Å². The molecular weight excluding hydrogens is 352 g/mol. The minimum atomic E-state index is -0.580. The Hall–Kier alpha value is -2.82. The van der Waals surface area contributed by atoms with E-state index in [0.717, 1.165) is 16.9 Å². The number of rotatable bonds is 3. The number of carbonyl (C=O) groups is 2. The van der Waals surface area contributed by atoms with Crippen LogP contribution in [0.1, 0.15) is 25.0 Å². The molecule has 146 valence electrons. The average Bonchev–Trinajstić information content (AvgIpc) is 3.17. The van der Waals surface area contributed by atoms with Crippen LogP contribution in [-0.2, 0) is 21.4 Å². The van der Waals surface area contributed by atoms with Crippen LogP contribution in [0, 0.1) is 0 Å². The predicted octanol–water partition coefficient (Wildman–Crippen LogP) is 2.64. The van der Waals surface area contributed by atoms with Crippen molar-refractivity contribution in [3.05, 3.63) is 65.7 Å². The maximum atomic E-state index is 13.1. The van der Waals surface area contributed by atoms with Gasteiger partial charge in [-0.1, -0.05) is 48.5 Å². The highest BCUT2D eigenvalue weighted by molar-refractivity contribution is 5.88. The van der Waals surface area contributed by atoms with E-state index in [4.69, 9.17) is 4.74 Å². The molecule has 1 atom stereocenters. The van der Waals surface area contributed by atoms with Crippen LogP contribution in [0.3, 0.4) is 0 Å². The lowest BCUT2D eigenvalue weighted by Gasteiger charge is -2.39. The molecule has 4 rings (SSSR count). The largest absolute Gasteiger partial charge is 0.480 e. The number of fused-ring (bicyclic) bond motifs is 1. The minimum absolute atomic E-state index is 0.0191. The zero-order valence-electron chi connectivity index (χ0n) is 16.4. The topological polar surface area (TPSA) is 49.9 Å². The number of benzene rings is 2. The normalized spacial score (nSPS) is 19.1. The fourth-order valence-corrected chi connectivity index (χ4v) is 4.03. The van der Waals surface area contributed by atoms with E-state index in [-0.39, 0.29) is 11.8 Å². The summed E-state index contributed by atoms with van der Waals surface area (Å²) in [5.74, 6) is 0.931. The van der Waals surface area contributed by atoms with Gasteiger partial charge in [0.25, 0.3) is 5.91 Å². The van der Waals surface area contributed by atoms with E-state index in [1.54, 1.807) is 0 Å². The van der Waals surface area contributed by atoms with Crippen molar-refractivity contribution in [2.45, 2.75) is 31.8 Å². The van der Waals surface area contributed by atoms with Crippen LogP contribution >= 0.6 is 0 Å². The number of piperazine rings is 1. The Kier molecular flexibility index (Phi) is 4.84. The first-order valence-electron chi connectivity index (χ1n) is 9.85. The van der Waals surface area contributed by atoms with E-state index in [2.05, 4.69) is 0 Å². The first-order valence-corrected chi connectivity index (χ1v) is 9.85. The quantitative estimate of drug-likeness (QED) is 0.825. The zero-order chi connectivity index (χ0) is 19.7. The maximum absolute atomic E-state index is 13.1. The van der Waals surface area contributed by atoms with E-state index in [1.165, 1.54) is 0 Å². The number of hydrogen-bond donors (Lipinski definition) is 0. The molecule has 2 heterocycles. The lowest BCUT2D eigenvalue weighted by molar-refractivity contribution is -0.145. The fraction of sp³-hybridized carbons (Fsp3) is 0.391. The second kappa shape index (κ2) is 7.30. The summed E-state index contributed by atoms with van der Waals surface area (Å²) in [5.41, 5.74) is 1.51. The average molecular weight is 378 g/mol. The second-order valence-electron chi connectivity index (χ2n) is 8.03. The lowest BCUT2D eigenvalue weighted by atomic mass is 9.83. The summed E-state index contributed by atoms with van der Waals surface area (Å²) in [7, 11) is 0. The molecular formula is C23H26N2O3. The van der Waals surface area contributed by atoms with Crippen molar-refractivity contribution in [1.82, 2.24) is 9.80 Å². The summed E-state index contributed by atoms with van der Waals surface area (Å²) in [5, 5.41) is 0. The van der Waals surface area contributed by atoms with Gasteiger partial charge in [-0.25, -0.2) is 0 Å².